The van der Waals surface area contributed by atoms with Crippen LogP contribution in [0, 0.1) is 11.7 Å². The molecule has 0 bridgehead atoms. The van der Waals surface area contributed by atoms with Gasteiger partial charge in [0.1, 0.15) is 18.5 Å². The molecular weight excluding hydrogens is 301 g/mol. The van der Waals surface area contributed by atoms with Crippen molar-refractivity contribution in [2.24, 2.45) is 5.92 Å². The molecule has 1 aromatic heterocycles. The van der Waals surface area contributed by atoms with E-state index in [1.807, 2.05) is 0 Å². The predicted octanol–water partition coefficient (Wildman–Crippen LogP) is 2.85. The van der Waals surface area contributed by atoms with Crippen molar-refractivity contribution in [1.29, 1.82) is 0 Å². The van der Waals surface area contributed by atoms with Crippen LogP contribution in [0.15, 0.2) is 47.4 Å². The van der Waals surface area contributed by atoms with Crippen LogP contribution in [0.5, 0.6) is 5.75 Å². The Kier molecular flexibility index (Phi) is 5.16. The number of pyridine rings is 1. The number of aromatic nitrogens is 1. The maximum absolute atomic E-state index is 13.6. The highest BCUT2D eigenvalue weighted by Gasteiger charge is 2.25. The molecule has 0 radical (unpaired) electrons. The predicted molar refractivity (Wildman–Crippen MR) is 82.9 cm³/mol. The number of aliphatic carboxylic acids is 1. The van der Waals surface area contributed by atoms with E-state index in [2.05, 4.69) is 0 Å². The molecule has 2 rings (SSSR count). The second-order valence-corrected chi connectivity index (χ2v) is 5.49. The van der Waals surface area contributed by atoms with Gasteiger partial charge in [0.2, 0.25) is 0 Å². The average molecular weight is 319 g/mol. The van der Waals surface area contributed by atoms with Crippen LogP contribution in [0.25, 0.3) is 0 Å². The summed E-state index contributed by atoms with van der Waals surface area (Å²) in [6.45, 7) is 3.33. The summed E-state index contributed by atoms with van der Waals surface area (Å²) in [4.78, 5) is 23.8. The Morgan fingerprint density at radius 3 is 2.57 bits per heavy atom. The van der Waals surface area contributed by atoms with E-state index in [-0.39, 0.29) is 18.3 Å². The van der Waals surface area contributed by atoms with Gasteiger partial charge >= 0.3 is 5.97 Å². The summed E-state index contributed by atoms with van der Waals surface area (Å²) in [6.07, 6.45) is 1.41. The summed E-state index contributed by atoms with van der Waals surface area (Å²) in [7, 11) is 0. The van der Waals surface area contributed by atoms with Crippen LogP contribution in [-0.4, -0.2) is 15.6 Å². The third kappa shape index (κ3) is 3.77. The highest BCUT2D eigenvalue weighted by Crippen LogP contribution is 2.18. The first-order valence-corrected chi connectivity index (χ1v) is 7.22. The Bertz CT molecular complexity index is 754. The summed E-state index contributed by atoms with van der Waals surface area (Å²) in [5.74, 6) is -1.79. The maximum atomic E-state index is 13.6. The minimum atomic E-state index is -1.09. The zero-order valence-electron chi connectivity index (χ0n) is 12.9. The number of ether oxygens (including phenoxy) is 1. The van der Waals surface area contributed by atoms with Crippen LogP contribution in [0.3, 0.4) is 0 Å². The van der Waals surface area contributed by atoms with Crippen molar-refractivity contribution >= 4 is 5.97 Å². The van der Waals surface area contributed by atoms with Crippen LogP contribution in [0.2, 0.25) is 0 Å². The van der Waals surface area contributed by atoms with Crippen molar-refractivity contribution < 1.29 is 19.0 Å². The molecule has 1 unspecified atom stereocenters. The molecule has 0 fully saturated rings. The highest BCUT2D eigenvalue weighted by atomic mass is 19.1. The fraction of sp³-hybridized carbons (Fsp3) is 0.294. The Labute approximate surface area is 133 Å². The molecule has 0 aliphatic carbocycles. The van der Waals surface area contributed by atoms with Crippen molar-refractivity contribution in [3.05, 3.63) is 64.3 Å². The van der Waals surface area contributed by atoms with Gasteiger partial charge in [0.05, 0.1) is 0 Å². The van der Waals surface area contributed by atoms with E-state index >= 15 is 0 Å². The Hall–Kier alpha value is -2.63. The van der Waals surface area contributed by atoms with Gasteiger partial charge in [0.15, 0.2) is 5.75 Å². The van der Waals surface area contributed by atoms with E-state index < -0.39 is 23.4 Å². The Balaban J connectivity index is 2.28. The standard InChI is InChI=1S/C17H18FNO4/c1-11(2)15(17(21)22)19-9-5-8-14(16(19)20)23-10-12-6-3-4-7-13(12)18/h3-9,11,15H,10H2,1-2H3,(H,21,22). The van der Waals surface area contributed by atoms with Crippen LogP contribution >= 0.6 is 0 Å². The van der Waals surface area contributed by atoms with Gasteiger partial charge < -0.3 is 9.84 Å². The van der Waals surface area contributed by atoms with Crippen molar-refractivity contribution in [2.45, 2.75) is 26.5 Å². The lowest BCUT2D eigenvalue weighted by Gasteiger charge is -2.19. The van der Waals surface area contributed by atoms with E-state index in [9.17, 15) is 19.1 Å². The van der Waals surface area contributed by atoms with E-state index in [4.69, 9.17) is 4.74 Å². The van der Waals surface area contributed by atoms with E-state index in [0.29, 0.717) is 5.56 Å². The monoisotopic (exact) mass is 319 g/mol. The zero-order valence-corrected chi connectivity index (χ0v) is 12.9. The van der Waals surface area contributed by atoms with E-state index in [1.54, 1.807) is 32.0 Å². The lowest BCUT2D eigenvalue weighted by atomic mass is 10.0. The average Bonchev–Trinajstić information content (AvgIpc) is 2.49. The number of carbonyl (C=O) groups is 1. The maximum Gasteiger partial charge on any atom is 0.327 e. The zero-order chi connectivity index (χ0) is 17.0. The SMILES string of the molecule is CC(C)C(C(=O)O)n1cccc(OCc2ccccc2F)c1=O. The van der Waals surface area contributed by atoms with Crippen molar-refractivity contribution in [2.75, 3.05) is 0 Å². The first-order valence-electron chi connectivity index (χ1n) is 7.22. The minimum absolute atomic E-state index is 0.0114. The molecule has 2 aromatic rings. The molecule has 23 heavy (non-hydrogen) atoms. The molecule has 0 amide bonds. The molecule has 1 N–H and O–H groups in total. The van der Waals surface area contributed by atoms with Gasteiger partial charge in [-0.25, -0.2) is 9.18 Å². The van der Waals surface area contributed by atoms with Crippen LogP contribution in [0.4, 0.5) is 4.39 Å². The highest BCUT2D eigenvalue weighted by molar-refractivity contribution is 5.72. The number of hydrogen-bond acceptors (Lipinski definition) is 3. The largest absolute Gasteiger partial charge is 0.483 e. The van der Waals surface area contributed by atoms with Crippen LogP contribution in [-0.2, 0) is 11.4 Å². The Morgan fingerprint density at radius 1 is 1.26 bits per heavy atom. The molecule has 0 saturated heterocycles. The van der Waals surface area contributed by atoms with Crippen molar-refractivity contribution in [1.82, 2.24) is 4.57 Å². The fourth-order valence-corrected chi connectivity index (χ4v) is 2.31. The molecule has 1 aromatic carbocycles. The van der Waals surface area contributed by atoms with Gasteiger partial charge in [-0.1, -0.05) is 32.0 Å². The minimum Gasteiger partial charge on any atom is -0.483 e. The number of halogens is 1. The smallest absolute Gasteiger partial charge is 0.327 e. The van der Waals surface area contributed by atoms with Crippen molar-refractivity contribution in [3.8, 4) is 5.75 Å². The van der Waals surface area contributed by atoms with Gasteiger partial charge in [-0.05, 0) is 24.1 Å². The third-order valence-electron chi connectivity index (χ3n) is 3.46. The lowest BCUT2D eigenvalue weighted by Crippen LogP contribution is -2.33. The molecule has 5 nitrogen and oxygen atoms in total. The number of hydrogen-bond donors (Lipinski definition) is 1. The summed E-state index contributed by atoms with van der Waals surface area (Å²) in [5, 5.41) is 9.31. The molecule has 1 atom stereocenters. The molecule has 0 aliphatic heterocycles. The van der Waals surface area contributed by atoms with Gasteiger partial charge in [0.25, 0.3) is 5.56 Å². The van der Waals surface area contributed by atoms with Gasteiger partial charge in [0, 0.05) is 11.8 Å². The molecule has 0 aliphatic rings. The number of carboxylic acid groups (broad SMARTS) is 1. The molecule has 122 valence electrons. The second-order valence-electron chi connectivity index (χ2n) is 5.49. The summed E-state index contributed by atoms with van der Waals surface area (Å²) < 4.78 is 20.1. The van der Waals surface area contributed by atoms with Crippen LogP contribution in [0.1, 0.15) is 25.5 Å². The van der Waals surface area contributed by atoms with Gasteiger partial charge in [-0.3, -0.25) is 9.36 Å². The van der Waals surface area contributed by atoms with Crippen molar-refractivity contribution in [3.63, 3.8) is 0 Å². The first kappa shape index (κ1) is 16.7. The first-order chi connectivity index (χ1) is 10.9. The van der Waals surface area contributed by atoms with Gasteiger partial charge in [-0.2, -0.15) is 0 Å². The summed E-state index contributed by atoms with van der Waals surface area (Å²) in [5.41, 5.74) is -0.231. The lowest BCUT2D eigenvalue weighted by molar-refractivity contribution is -0.142. The third-order valence-corrected chi connectivity index (χ3v) is 3.46. The Morgan fingerprint density at radius 2 is 1.96 bits per heavy atom. The molecule has 1 heterocycles. The normalized spacial score (nSPS) is 12.2. The van der Waals surface area contributed by atoms with Gasteiger partial charge in [-0.15, -0.1) is 0 Å². The summed E-state index contributed by atoms with van der Waals surface area (Å²) >= 11 is 0. The second kappa shape index (κ2) is 7.09. The quantitative estimate of drug-likeness (QED) is 0.889. The fourth-order valence-electron chi connectivity index (χ4n) is 2.31. The molecular formula is C17H18FNO4. The number of nitrogens with zero attached hydrogens (tertiary/aromatic N) is 1. The molecule has 0 saturated carbocycles. The topological polar surface area (TPSA) is 68.5 Å². The number of benzene rings is 1. The van der Waals surface area contributed by atoms with Crippen LogP contribution < -0.4 is 10.3 Å². The summed E-state index contributed by atoms with van der Waals surface area (Å²) in [6, 6.07) is 8.10. The number of carboxylic acids is 1. The van der Waals surface area contributed by atoms with E-state index in [1.165, 1.54) is 24.4 Å². The molecule has 6 heteroatoms. The van der Waals surface area contributed by atoms with E-state index in [0.717, 1.165) is 4.57 Å². The molecule has 0 spiro atoms. The number of rotatable bonds is 6.